The van der Waals surface area contributed by atoms with Gasteiger partial charge in [0.15, 0.2) is 0 Å². The Balaban J connectivity index is 0.00000127. The largest absolute Gasteiger partial charge is 0.362 e. The SMILES string of the molecule is C=N/C(=C\C(=C)COCNc1cc(F)cc(NC(=O)CCCCNCNCN)c1CCCCN)C(=O)Nc1cc(F)ccc1CCCCN.CNC(=O)CCCCNCNCN. The summed E-state index contributed by atoms with van der Waals surface area (Å²) in [5.41, 5.74) is 25.0. The number of nitrogens with two attached hydrogens (primary N) is 4. The Bertz CT molecular complexity index is 1650. The van der Waals surface area contributed by atoms with E-state index in [1.807, 2.05) is 0 Å². The summed E-state index contributed by atoms with van der Waals surface area (Å²) in [6, 6.07) is 6.91. The second-order valence-corrected chi connectivity index (χ2v) is 14.1. The van der Waals surface area contributed by atoms with E-state index in [-0.39, 0.29) is 30.8 Å². The fourth-order valence-corrected chi connectivity index (χ4v) is 5.79. The Morgan fingerprint density at radius 3 is 1.92 bits per heavy atom. The molecule has 19 heteroatoms. The number of amides is 3. The van der Waals surface area contributed by atoms with Gasteiger partial charge in [-0.1, -0.05) is 12.6 Å². The topological polar surface area (TPSA) is 273 Å². The maximum absolute atomic E-state index is 14.7. The van der Waals surface area contributed by atoms with E-state index in [4.69, 9.17) is 27.7 Å². The van der Waals surface area contributed by atoms with Gasteiger partial charge < -0.3 is 59.6 Å². The number of hydrogen-bond donors (Lipinski definition) is 12. The van der Waals surface area contributed by atoms with Gasteiger partial charge in [-0.25, -0.2) is 8.78 Å². The lowest BCUT2D eigenvalue weighted by atomic mass is 10.0. The molecular weight excluding hydrogens is 801 g/mol. The van der Waals surface area contributed by atoms with Crippen LogP contribution in [-0.2, 0) is 32.0 Å². The van der Waals surface area contributed by atoms with Crippen LogP contribution in [0.15, 0.2) is 59.2 Å². The molecular formula is C43H73F2N13O4. The minimum atomic E-state index is -0.576. The second-order valence-electron chi connectivity index (χ2n) is 14.1. The number of halogens is 2. The number of benzene rings is 2. The summed E-state index contributed by atoms with van der Waals surface area (Å²) < 4.78 is 34.4. The Kier molecular flexibility index (Phi) is 32.0. The van der Waals surface area contributed by atoms with Crippen LogP contribution in [-0.4, -0.2) is 97.7 Å². The lowest BCUT2D eigenvalue weighted by Crippen LogP contribution is -2.33. The van der Waals surface area contributed by atoms with E-state index in [1.165, 1.54) is 30.3 Å². The van der Waals surface area contributed by atoms with Crippen molar-refractivity contribution in [2.75, 3.05) is 89.2 Å². The smallest absolute Gasteiger partial charge is 0.274 e. The molecule has 2 rings (SSSR count). The van der Waals surface area contributed by atoms with E-state index in [0.29, 0.717) is 87.8 Å². The number of hydrogen-bond acceptors (Lipinski definition) is 14. The van der Waals surface area contributed by atoms with E-state index < -0.39 is 17.5 Å². The van der Waals surface area contributed by atoms with Gasteiger partial charge in [0.25, 0.3) is 5.91 Å². The summed E-state index contributed by atoms with van der Waals surface area (Å²) in [5.74, 6) is -1.66. The maximum Gasteiger partial charge on any atom is 0.274 e. The summed E-state index contributed by atoms with van der Waals surface area (Å²) in [5, 5.41) is 23.5. The normalized spacial score (nSPS) is 11.0. The predicted octanol–water partition coefficient (Wildman–Crippen LogP) is 2.81. The molecule has 16 N–H and O–H groups in total. The van der Waals surface area contributed by atoms with Gasteiger partial charge in [0.1, 0.15) is 24.1 Å². The minimum absolute atomic E-state index is 0.0158. The number of carbonyl (C=O) groups is 3. The highest BCUT2D eigenvalue weighted by molar-refractivity contribution is 6.04. The minimum Gasteiger partial charge on any atom is -0.362 e. The molecule has 0 bridgehead atoms. The van der Waals surface area contributed by atoms with Crippen molar-refractivity contribution in [2.24, 2.45) is 27.9 Å². The molecule has 17 nitrogen and oxygen atoms in total. The fourth-order valence-electron chi connectivity index (χ4n) is 5.79. The monoisotopic (exact) mass is 874 g/mol. The van der Waals surface area contributed by atoms with Crippen molar-refractivity contribution in [1.29, 1.82) is 0 Å². The molecule has 3 amide bonds. The van der Waals surface area contributed by atoms with Gasteiger partial charge >= 0.3 is 0 Å². The maximum atomic E-state index is 14.7. The average molecular weight is 874 g/mol. The van der Waals surface area contributed by atoms with Crippen molar-refractivity contribution in [3.05, 3.63) is 77.0 Å². The van der Waals surface area contributed by atoms with Crippen molar-refractivity contribution < 1.29 is 27.9 Å². The highest BCUT2D eigenvalue weighted by Crippen LogP contribution is 2.29. The van der Waals surface area contributed by atoms with Crippen LogP contribution in [0.1, 0.15) is 75.3 Å². The molecule has 0 aliphatic heterocycles. The third-order valence-corrected chi connectivity index (χ3v) is 9.07. The van der Waals surface area contributed by atoms with Crippen LogP contribution in [0.5, 0.6) is 0 Å². The molecule has 0 radical (unpaired) electrons. The molecule has 62 heavy (non-hydrogen) atoms. The summed E-state index contributed by atoms with van der Waals surface area (Å²) in [6.45, 7) is 12.3. The van der Waals surface area contributed by atoms with Crippen molar-refractivity contribution in [1.82, 2.24) is 26.6 Å². The first kappa shape index (κ1) is 55.3. The van der Waals surface area contributed by atoms with Crippen molar-refractivity contribution >= 4 is 41.5 Å². The Morgan fingerprint density at radius 1 is 0.726 bits per heavy atom. The molecule has 0 atom stereocenters. The van der Waals surface area contributed by atoms with Crippen LogP contribution in [0.25, 0.3) is 0 Å². The van der Waals surface area contributed by atoms with Crippen LogP contribution in [0.3, 0.4) is 0 Å². The number of nitrogens with one attached hydrogen (secondary N) is 8. The van der Waals surface area contributed by atoms with E-state index in [9.17, 15) is 23.2 Å². The van der Waals surface area contributed by atoms with Gasteiger partial charge in [0, 0.05) is 63.6 Å². The highest BCUT2D eigenvalue weighted by atomic mass is 19.1. The summed E-state index contributed by atoms with van der Waals surface area (Å²) in [6.07, 6.45) is 10.0. The zero-order valence-electron chi connectivity index (χ0n) is 36.6. The van der Waals surface area contributed by atoms with Gasteiger partial charge in [0.05, 0.1) is 6.61 Å². The van der Waals surface area contributed by atoms with Crippen LogP contribution in [0.2, 0.25) is 0 Å². The van der Waals surface area contributed by atoms with Gasteiger partial charge in [-0.15, -0.1) is 0 Å². The van der Waals surface area contributed by atoms with Crippen molar-refractivity contribution in [2.45, 2.75) is 77.0 Å². The number of rotatable bonds is 34. The quantitative estimate of drug-likeness (QED) is 0.0159. The highest BCUT2D eigenvalue weighted by Gasteiger charge is 2.15. The summed E-state index contributed by atoms with van der Waals surface area (Å²) in [7, 11) is 1.66. The van der Waals surface area contributed by atoms with Gasteiger partial charge in [-0.2, -0.15) is 0 Å². The number of nitrogens with zero attached hydrogens (tertiary/aromatic N) is 1. The molecule has 0 saturated heterocycles. The van der Waals surface area contributed by atoms with Crippen molar-refractivity contribution in [3.63, 3.8) is 0 Å². The van der Waals surface area contributed by atoms with E-state index >= 15 is 0 Å². The Labute approximate surface area is 366 Å². The predicted molar refractivity (Wildman–Crippen MR) is 247 cm³/mol. The van der Waals surface area contributed by atoms with Gasteiger partial charge in [0.2, 0.25) is 11.8 Å². The van der Waals surface area contributed by atoms with Gasteiger partial charge in [-0.3, -0.25) is 30.0 Å². The lowest BCUT2D eigenvalue weighted by Gasteiger charge is -2.18. The number of aryl methyl sites for hydroxylation is 1. The second kappa shape index (κ2) is 35.9. The van der Waals surface area contributed by atoms with Crippen LogP contribution in [0, 0.1) is 11.6 Å². The average Bonchev–Trinajstić information content (AvgIpc) is 3.25. The van der Waals surface area contributed by atoms with Crippen molar-refractivity contribution in [3.8, 4) is 0 Å². The molecule has 2 aromatic rings. The molecule has 0 unspecified atom stereocenters. The first-order valence-corrected chi connectivity index (χ1v) is 21.3. The number of anilines is 3. The Morgan fingerprint density at radius 2 is 1.32 bits per heavy atom. The summed E-state index contributed by atoms with van der Waals surface area (Å²) >= 11 is 0. The van der Waals surface area contributed by atoms with Gasteiger partial charge in [-0.05, 0) is 144 Å². The van der Waals surface area contributed by atoms with E-state index in [1.54, 1.807) is 13.1 Å². The van der Waals surface area contributed by atoms with Crippen LogP contribution >= 0.6 is 0 Å². The molecule has 348 valence electrons. The molecule has 0 saturated carbocycles. The third kappa shape index (κ3) is 25.9. The molecule has 0 spiro atoms. The number of unbranched alkanes of at least 4 members (excludes halogenated alkanes) is 4. The molecule has 2 aromatic carbocycles. The molecule has 0 aliphatic rings. The first-order chi connectivity index (χ1) is 30.0. The standard InChI is InChI=1S/C35H53F2N9O3.C8H20N4O/c1-25(17-33(41-2)35(48)46-30-18-27(36)13-12-26(30)9-3-6-14-38)21-49-24-44-31-19-28(37)20-32(29(31)10-4-7-15-39)45-34(47)11-5-8-16-42-23-43-22-40;1-10-8(13)4-2-3-5-11-7-12-6-9/h12-13,17-20,42-44H,1-11,14-16,21-24,38-40H2,(H,45,47)(H,46,48);11-12H,2-7,9H2,1H3,(H,10,13)/b33-17-;. The molecule has 0 aromatic heterocycles. The van der Waals surface area contributed by atoms with Crippen LogP contribution in [0.4, 0.5) is 25.8 Å². The van der Waals surface area contributed by atoms with Crippen LogP contribution < -0.4 is 65.5 Å². The fraction of sp³-hybridized carbons (Fsp3) is 0.535. The number of carbonyl (C=O) groups excluding carboxylic acids is 3. The van der Waals surface area contributed by atoms with E-state index in [2.05, 4.69) is 60.8 Å². The number of ether oxygens (including phenoxy) is 1. The Hall–Kier alpha value is -4.70. The van der Waals surface area contributed by atoms with E-state index in [0.717, 1.165) is 75.8 Å². The number of aliphatic imine (C=N–C) groups is 1. The summed E-state index contributed by atoms with van der Waals surface area (Å²) in [4.78, 5) is 40.3. The molecule has 0 heterocycles. The first-order valence-electron chi connectivity index (χ1n) is 21.3. The lowest BCUT2D eigenvalue weighted by molar-refractivity contribution is -0.120. The third-order valence-electron chi connectivity index (χ3n) is 9.07. The molecule has 0 aliphatic carbocycles. The zero-order chi connectivity index (χ0) is 45.8. The zero-order valence-corrected chi connectivity index (χ0v) is 36.6. The molecule has 0 fully saturated rings.